The Morgan fingerprint density at radius 1 is 1.03 bits per heavy atom. The number of fused-ring (bicyclic) bond motifs is 1. The van der Waals surface area contributed by atoms with Crippen LogP contribution in [-0.2, 0) is 5.75 Å². The van der Waals surface area contributed by atoms with Gasteiger partial charge in [-0.05, 0) is 42.6 Å². The second kappa shape index (κ2) is 7.89. The summed E-state index contributed by atoms with van der Waals surface area (Å²) in [6.07, 6.45) is 0. The molecule has 0 amide bonds. The van der Waals surface area contributed by atoms with Crippen LogP contribution in [0.2, 0.25) is 0 Å². The molecule has 148 valence electrons. The number of hydrogen-bond donors (Lipinski definition) is 0. The molecule has 8 heteroatoms. The van der Waals surface area contributed by atoms with Gasteiger partial charge >= 0.3 is 0 Å². The lowest BCUT2D eigenvalue weighted by molar-refractivity contribution is 0.391. The minimum absolute atomic E-state index is 0.100. The maximum atomic E-state index is 13.3. The van der Waals surface area contributed by atoms with Crippen LogP contribution in [0.25, 0.3) is 27.3 Å². The fourth-order valence-electron chi connectivity index (χ4n) is 3.08. The first kappa shape index (κ1) is 18.8. The van der Waals surface area contributed by atoms with E-state index in [4.69, 9.17) is 9.51 Å². The Hall–Kier alpha value is -3.23. The zero-order chi connectivity index (χ0) is 20.5. The van der Waals surface area contributed by atoms with Crippen molar-refractivity contribution in [1.82, 2.24) is 19.7 Å². The number of thioether (sulfide) groups is 1. The van der Waals surface area contributed by atoms with Crippen molar-refractivity contribution in [3.05, 3.63) is 87.9 Å². The summed E-state index contributed by atoms with van der Waals surface area (Å²) in [7, 11) is 0. The minimum Gasteiger partial charge on any atom is -0.338 e. The van der Waals surface area contributed by atoms with E-state index >= 15 is 0 Å². The normalized spacial score (nSPS) is 11.2. The highest BCUT2D eigenvalue weighted by atomic mass is 32.2. The smallest absolute Gasteiger partial charge is 0.266 e. The first-order chi connectivity index (χ1) is 14.7. The summed E-state index contributed by atoms with van der Waals surface area (Å²) in [5.41, 5.74) is 2.47. The summed E-state index contributed by atoms with van der Waals surface area (Å²) >= 11 is 2.96. The van der Waals surface area contributed by atoms with Gasteiger partial charge in [0, 0.05) is 0 Å². The second-order valence-corrected chi connectivity index (χ2v) is 8.56. The zero-order valence-corrected chi connectivity index (χ0v) is 17.6. The third-order valence-corrected chi connectivity index (χ3v) is 6.36. The highest BCUT2D eigenvalue weighted by molar-refractivity contribution is 7.98. The fourth-order valence-corrected chi connectivity index (χ4v) is 4.58. The van der Waals surface area contributed by atoms with E-state index in [9.17, 15) is 4.79 Å². The molecular weight excluding hydrogens is 416 g/mol. The number of nitrogens with zero attached hydrogens (tertiary/aromatic N) is 4. The van der Waals surface area contributed by atoms with Crippen LogP contribution in [0.15, 0.2) is 80.5 Å². The predicted molar refractivity (Wildman–Crippen MR) is 119 cm³/mol. The van der Waals surface area contributed by atoms with Crippen molar-refractivity contribution in [2.45, 2.75) is 17.8 Å². The maximum absolute atomic E-state index is 13.3. The molecule has 0 aliphatic carbocycles. The number of aromatic nitrogens is 4. The molecular formula is C22H16N4O2S2. The molecule has 0 aliphatic heterocycles. The molecule has 0 radical (unpaired) electrons. The fraction of sp³-hybridized carbons (Fsp3) is 0.0909. The van der Waals surface area contributed by atoms with Gasteiger partial charge in [-0.15, -0.1) is 11.3 Å². The maximum Gasteiger partial charge on any atom is 0.266 e. The van der Waals surface area contributed by atoms with Gasteiger partial charge in [-0.1, -0.05) is 52.8 Å². The van der Waals surface area contributed by atoms with E-state index in [0.717, 1.165) is 16.1 Å². The first-order valence-electron chi connectivity index (χ1n) is 9.27. The number of rotatable bonds is 5. The van der Waals surface area contributed by atoms with E-state index in [1.165, 1.54) is 11.8 Å². The van der Waals surface area contributed by atoms with E-state index in [-0.39, 0.29) is 5.56 Å². The summed E-state index contributed by atoms with van der Waals surface area (Å²) in [6, 6.07) is 19.1. The van der Waals surface area contributed by atoms with Crippen LogP contribution in [0.4, 0.5) is 0 Å². The van der Waals surface area contributed by atoms with Gasteiger partial charge in [0.15, 0.2) is 5.16 Å². The van der Waals surface area contributed by atoms with Gasteiger partial charge in [-0.2, -0.15) is 4.98 Å². The lowest BCUT2D eigenvalue weighted by Crippen LogP contribution is -2.21. The number of aryl methyl sites for hydroxylation is 1. The van der Waals surface area contributed by atoms with E-state index in [1.54, 1.807) is 22.0 Å². The molecule has 0 fully saturated rings. The molecule has 0 spiro atoms. The third-order valence-electron chi connectivity index (χ3n) is 4.57. The van der Waals surface area contributed by atoms with Crippen LogP contribution in [0.5, 0.6) is 0 Å². The van der Waals surface area contributed by atoms with Crippen molar-refractivity contribution in [2.75, 3.05) is 0 Å². The third kappa shape index (κ3) is 3.55. The summed E-state index contributed by atoms with van der Waals surface area (Å²) in [5, 5.41) is 7.19. The molecule has 5 aromatic rings. The molecule has 0 atom stereocenters. The van der Waals surface area contributed by atoms with Crippen LogP contribution in [-0.4, -0.2) is 19.7 Å². The summed E-state index contributed by atoms with van der Waals surface area (Å²) in [6.45, 7) is 2.02. The molecule has 0 saturated carbocycles. The van der Waals surface area contributed by atoms with Crippen LogP contribution in [0.1, 0.15) is 11.5 Å². The second-order valence-electron chi connectivity index (χ2n) is 6.67. The zero-order valence-electron chi connectivity index (χ0n) is 16.0. The van der Waals surface area contributed by atoms with Crippen molar-refractivity contribution in [3.63, 3.8) is 0 Å². The van der Waals surface area contributed by atoms with Crippen molar-refractivity contribution in [1.29, 1.82) is 0 Å². The monoisotopic (exact) mass is 432 g/mol. The molecule has 0 bridgehead atoms. The van der Waals surface area contributed by atoms with Crippen molar-refractivity contribution >= 4 is 34.0 Å². The van der Waals surface area contributed by atoms with Crippen LogP contribution < -0.4 is 5.56 Å². The number of thiophene rings is 1. The lowest BCUT2D eigenvalue weighted by Gasteiger charge is -2.12. The Labute approximate surface area is 180 Å². The number of hydrogen-bond acceptors (Lipinski definition) is 7. The van der Waals surface area contributed by atoms with Crippen LogP contribution in [0.3, 0.4) is 0 Å². The standard InChI is InChI=1S/C22H16N4O2S2/c1-14-8-10-15(11-9-14)26-21(27)16-5-2-3-6-17(16)23-22(26)30-13-19-24-20(25-28-19)18-7-4-12-29-18/h2-12H,13H2,1H3. The highest BCUT2D eigenvalue weighted by Crippen LogP contribution is 2.26. The molecule has 5 rings (SSSR count). The topological polar surface area (TPSA) is 73.8 Å². The van der Waals surface area contributed by atoms with Gasteiger partial charge in [0.1, 0.15) is 0 Å². The van der Waals surface area contributed by atoms with Gasteiger partial charge in [0.05, 0.1) is 27.2 Å². The van der Waals surface area contributed by atoms with Gasteiger partial charge in [-0.25, -0.2) is 4.98 Å². The van der Waals surface area contributed by atoms with E-state index in [2.05, 4.69) is 10.1 Å². The Balaban J connectivity index is 1.53. The quantitative estimate of drug-likeness (QED) is 0.284. The van der Waals surface area contributed by atoms with Crippen molar-refractivity contribution in [3.8, 4) is 16.4 Å². The Morgan fingerprint density at radius 2 is 1.87 bits per heavy atom. The summed E-state index contributed by atoms with van der Waals surface area (Å²) in [4.78, 5) is 23.4. The molecule has 3 aromatic heterocycles. The molecule has 3 heterocycles. The SMILES string of the molecule is Cc1ccc(-n2c(SCc3nc(-c4cccs4)no3)nc3ccccc3c2=O)cc1. The molecule has 2 aromatic carbocycles. The number of benzene rings is 2. The summed E-state index contributed by atoms with van der Waals surface area (Å²) in [5.74, 6) is 1.47. The Morgan fingerprint density at radius 3 is 2.67 bits per heavy atom. The van der Waals surface area contributed by atoms with Gasteiger partial charge in [0.2, 0.25) is 11.7 Å². The van der Waals surface area contributed by atoms with Gasteiger partial charge in [0.25, 0.3) is 5.56 Å². The van der Waals surface area contributed by atoms with E-state index in [0.29, 0.717) is 33.5 Å². The van der Waals surface area contributed by atoms with Gasteiger partial charge < -0.3 is 4.52 Å². The van der Waals surface area contributed by atoms with E-state index < -0.39 is 0 Å². The molecule has 0 aliphatic rings. The Bertz CT molecular complexity index is 1370. The predicted octanol–water partition coefficient (Wildman–Crippen LogP) is 5.10. The largest absolute Gasteiger partial charge is 0.338 e. The average Bonchev–Trinajstić information content (AvgIpc) is 3.45. The van der Waals surface area contributed by atoms with E-state index in [1.807, 2.05) is 66.9 Å². The molecule has 0 saturated heterocycles. The molecule has 0 N–H and O–H groups in total. The van der Waals surface area contributed by atoms with Crippen LogP contribution >= 0.6 is 23.1 Å². The lowest BCUT2D eigenvalue weighted by atomic mass is 10.2. The molecule has 6 nitrogen and oxygen atoms in total. The average molecular weight is 433 g/mol. The summed E-state index contributed by atoms with van der Waals surface area (Å²) < 4.78 is 7.04. The van der Waals surface area contributed by atoms with Crippen LogP contribution in [0, 0.1) is 6.92 Å². The minimum atomic E-state index is -0.100. The molecule has 30 heavy (non-hydrogen) atoms. The van der Waals surface area contributed by atoms with Crippen molar-refractivity contribution < 1.29 is 4.52 Å². The van der Waals surface area contributed by atoms with Crippen molar-refractivity contribution in [2.24, 2.45) is 0 Å². The van der Waals surface area contributed by atoms with Gasteiger partial charge in [-0.3, -0.25) is 9.36 Å². The number of para-hydroxylation sites is 1. The first-order valence-corrected chi connectivity index (χ1v) is 11.1. The Kier molecular flexibility index (Phi) is 4.94. The highest BCUT2D eigenvalue weighted by Gasteiger charge is 2.16. The molecule has 0 unspecified atom stereocenters.